The lowest BCUT2D eigenvalue weighted by atomic mass is 10.1. The summed E-state index contributed by atoms with van der Waals surface area (Å²) < 4.78 is 58.4. The molecule has 0 saturated carbocycles. The van der Waals surface area contributed by atoms with Crippen LogP contribution in [0.15, 0.2) is 36.4 Å². The third-order valence-electron chi connectivity index (χ3n) is 3.71. The lowest BCUT2D eigenvalue weighted by Gasteiger charge is -2.15. The second-order valence-corrected chi connectivity index (χ2v) is 5.74. The van der Waals surface area contributed by atoms with Gasteiger partial charge in [0, 0.05) is 0 Å². The maximum atomic E-state index is 12.6. The average molecular weight is 413 g/mol. The molecule has 2 N–H and O–H groups in total. The molecule has 0 aromatic heterocycles. The number of esters is 1. The van der Waals surface area contributed by atoms with E-state index >= 15 is 0 Å². The van der Waals surface area contributed by atoms with Gasteiger partial charge in [-0.2, -0.15) is 13.2 Å². The standard InChI is InChI=1S/C19H18F3NO6/c1-26-14-7-12(8-15(27-2)17(14)28-10-16(23)24)18(25)29-9-11-3-5-13(6-4-11)19(20,21)22/h3-8H,9-10H2,1-2H3,(H2,23,24). The monoisotopic (exact) mass is 413 g/mol. The van der Waals surface area contributed by atoms with Crippen molar-refractivity contribution in [1.82, 2.24) is 0 Å². The molecule has 0 bridgehead atoms. The molecule has 0 fully saturated rings. The molecule has 0 spiro atoms. The third-order valence-corrected chi connectivity index (χ3v) is 3.71. The van der Waals surface area contributed by atoms with Crippen molar-refractivity contribution in [2.75, 3.05) is 20.8 Å². The van der Waals surface area contributed by atoms with E-state index in [1.165, 1.54) is 38.5 Å². The summed E-state index contributed by atoms with van der Waals surface area (Å²) in [5.74, 6) is -1.19. The summed E-state index contributed by atoms with van der Waals surface area (Å²) in [5, 5.41) is 0. The smallest absolute Gasteiger partial charge is 0.416 e. The van der Waals surface area contributed by atoms with Crippen molar-refractivity contribution in [2.45, 2.75) is 12.8 Å². The molecule has 0 aliphatic heterocycles. The molecule has 156 valence electrons. The molecule has 29 heavy (non-hydrogen) atoms. The molecule has 7 nitrogen and oxygen atoms in total. The molecule has 0 aliphatic carbocycles. The van der Waals surface area contributed by atoms with Gasteiger partial charge in [-0.15, -0.1) is 0 Å². The molecule has 2 aromatic rings. The second kappa shape index (κ2) is 9.18. The predicted octanol–water partition coefficient (Wildman–Crippen LogP) is 2.94. The Kier molecular flexibility index (Phi) is 6.92. The number of carbonyl (C=O) groups excluding carboxylic acids is 2. The fourth-order valence-electron chi connectivity index (χ4n) is 2.31. The minimum absolute atomic E-state index is 0.0528. The summed E-state index contributed by atoms with van der Waals surface area (Å²) in [4.78, 5) is 23.3. The predicted molar refractivity (Wildman–Crippen MR) is 94.8 cm³/mol. The van der Waals surface area contributed by atoms with Crippen LogP contribution in [0.5, 0.6) is 17.2 Å². The van der Waals surface area contributed by atoms with Crippen LogP contribution in [0, 0.1) is 0 Å². The molecule has 0 atom stereocenters. The normalized spacial score (nSPS) is 10.9. The maximum Gasteiger partial charge on any atom is 0.416 e. The van der Waals surface area contributed by atoms with Crippen LogP contribution in [-0.4, -0.2) is 32.7 Å². The number of rotatable bonds is 8. The number of carbonyl (C=O) groups is 2. The van der Waals surface area contributed by atoms with Gasteiger partial charge in [0.15, 0.2) is 18.1 Å². The summed E-state index contributed by atoms with van der Waals surface area (Å²) in [6, 6.07) is 6.87. The number of hydrogen-bond acceptors (Lipinski definition) is 6. The van der Waals surface area contributed by atoms with Crippen molar-refractivity contribution < 1.29 is 41.7 Å². The van der Waals surface area contributed by atoms with Gasteiger partial charge in [-0.05, 0) is 29.8 Å². The number of ether oxygens (including phenoxy) is 4. The van der Waals surface area contributed by atoms with Crippen LogP contribution < -0.4 is 19.9 Å². The van der Waals surface area contributed by atoms with Crippen molar-refractivity contribution in [1.29, 1.82) is 0 Å². The van der Waals surface area contributed by atoms with E-state index in [0.717, 1.165) is 12.1 Å². The van der Waals surface area contributed by atoms with Crippen molar-refractivity contribution in [2.24, 2.45) is 5.73 Å². The first-order valence-electron chi connectivity index (χ1n) is 8.16. The maximum absolute atomic E-state index is 12.6. The van der Waals surface area contributed by atoms with E-state index in [-0.39, 0.29) is 29.4 Å². The van der Waals surface area contributed by atoms with Crippen LogP contribution in [0.1, 0.15) is 21.5 Å². The molecule has 0 saturated heterocycles. The van der Waals surface area contributed by atoms with Crippen molar-refractivity contribution in [3.8, 4) is 17.2 Å². The molecular formula is C19H18F3NO6. The number of hydrogen-bond donors (Lipinski definition) is 1. The number of halogens is 3. The Labute approximate surface area is 164 Å². The largest absolute Gasteiger partial charge is 0.493 e. The van der Waals surface area contributed by atoms with Gasteiger partial charge in [-0.25, -0.2) is 4.79 Å². The van der Waals surface area contributed by atoms with E-state index in [4.69, 9.17) is 24.7 Å². The molecule has 0 unspecified atom stereocenters. The van der Waals surface area contributed by atoms with E-state index in [2.05, 4.69) is 0 Å². The SMILES string of the molecule is COc1cc(C(=O)OCc2ccc(C(F)(F)F)cc2)cc(OC)c1OCC(N)=O. The van der Waals surface area contributed by atoms with Crippen LogP contribution in [0.25, 0.3) is 0 Å². The van der Waals surface area contributed by atoms with Crippen molar-refractivity contribution >= 4 is 11.9 Å². The first-order valence-corrected chi connectivity index (χ1v) is 8.16. The van der Waals surface area contributed by atoms with E-state index in [9.17, 15) is 22.8 Å². The highest BCUT2D eigenvalue weighted by Crippen LogP contribution is 2.38. The quantitative estimate of drug-likeness (QED) is 0.669. The van der Waals surface area contributed by atoms with Crippen LogP contribution in [0.2, 0.25) is 0 Å². The highest BCUT2D eigenvalue weighted by Gasteiger charge is 2.30. The first-order chi connectivity index (χ1) is 13.7. The number of primary amides is 1. The summed E-state index contributed by atoms with van der Waals surface area (Å²) in [7, 11) is 2.65. The molecule has 0 aliphatic rings. The number of alkyl halides is 3. The van der Waals surface area contributed by atoms with Crippen molar-refractivity contribution in [3.63, 3.8) is 0 Å². The number of nitrogens with two attached hydrogens (primary N) is 1. The molecule has 0 radical (unpaired) electrons. The van der Waals surface area contributed by atoms with E-state index in [0.29, 0.717) is 5.56 Å². The summed E-state index contributed by atoms with van der Waals surface area (Å²) in [6.45, 7) is -0.661. The molecule has 1 amide bonds. The minimum Gasteiger partial charge on any atom is -0.493 e. The van der Waals surface area contributed by atoms with Gasteiger partial charge < -0.3 is 24.7 Å². The van der Waals surface area contributed by atoms with E-state index < -0.39 is 30.2 Å². The second-order valence-electron chi connectivity index (χ2n) is 5.74. The third kappa shape index (κ3) is 5.77. The van der Waals surface area contributed by atoms with Gasteiger partial charge in [0.2, 0.25) is 5.75 Å². The Bertz CT molecular complexity index is 855. The van der Waals surface area contributed by atoms with Crippen LogP contribution in [0.4, 0.5) is 13.2 Å². The van der Waals surface area contributed by atoms with Gasteiger partial charge in [-0.3, -0.25) is 4.79 Å². The molecule has 2 rings (SSSR count). The lowest BCUT2D eigenvalue weighted by Crippen LogP contribution is -2.20. The Balaban J connectivity index is 2.14. The van der Waals surface area contributed by atoms with Gasteiger partial charge >= 0.3 is 12.1 Å². The summed E-state index contributed by atoms with van der Waals surface area (Å²) in [5.41, 5.74) is 4.68. The fraction of sp³-hybridized carbons (Fsp3) is 0.263. The van der Waals surface area contributed by atoms with E-state index in [1.54, 1.807) is 0 Å². The Morgan fingerprint density at radius 3 is 2.00 bits per heavy atom. The Hall–Kier alpha value is -3.43. The highest BCUT2D eigenvalue weighted by atomic mass is 19.4. The minimum atomic E-state index is -4.44. The van der Waals surface area contributed by atoms with Gasteiger partial charge in [0.25, 0.3) is 5.91 Å². The lowest BCUT2D eigenvalue weighted by molar-refractivity contribution is -0.137. The molecule has 10 heteroatoms. The highest BCUT2D eigenvalue weighted by molar-refractivity contribution is 5.91. The number of amides is 1. The zero-order valence-electron chi connectivity index (χ0n) is 15.5. The summed E-state index contributed by atoms with van der Waals surface area (Å²) in [6.07, 6.45) is -4.44. The van der Waals surface area contributed by atoms with E-state index in [1.807, 2.05) is 0 Å². The number of benzene rings is 2. The van der Waals surface area contributed by atoms with Crippen LogP contribution in [0.3, 0.4) is 0 Å². The first kappa shape index (κ1) is 21.9. The molecule has 0 heterocycles. The topological polar surface area (TPSA) is 97.1 Å². The van der Waals surface area contributed by atoms with Gasteiger partial charge in [-0.1, -0.05) is 12.1 Å². The number of methoxy groups -OCH3 is 2. The molecule has 2 aromatic carbocycles. The van der Waals surface area contributed by atoms with Crippen LogP contribution >= 0.6 is 0 Å². The summed E-state index contributed by atoms with van der Waals surface area (Å²) >= 11 is 0. The van der Waals surface area contributed by atoms with Crippen molar-refractivity contribution in [3.05, 3.63) is 53.1 Å². The zero-order chi connectivity index (χ0) is 21.6. The molecular weight excluding hydrogens is 395 g/mol. The Morgan fingerprint density at radius 2 is 1.55 bits per heavy atom. The fourth-order valence-corrected chi connectivity index (χ4v) is 2.31. The van der Waals surface area contributed by atoms with Gasteiger partial charge in [0.05, 0.1) is 25.3 Å². The average Bonchev–Trinajstić information content (AvgIpc) is 2.69. The van der Waals surface area contributed by atoms with Crippen LogP contribution in [-0.2, 0) is 22.3 Å². The Morgan fingerprint density at radius 1 is 1.00 bits per heavy atom. The zero-order valence-corrected chi connectivity index (χ0v) is 15.5. The van der Waals surface area contributed by atoms with Gasteiger partial charge in [0.1, 0.15) is 6.61 Å².